The van der Waals surface area contributed by atoms with Gasteiger partial charge in [0.25, 0.3) is 5.91 Å². The molecule has 0 bridgehead atoms. The third-order valence-corrected chi connectivity index (χ3v) is 4.71. The van der Waals surface area contributed by atoms with Crippen LogP contribution in [-0.4, -0.2) is 35.1 Å². The van der Waals surface area contributed by atoms with Crippen LogP contribution in [0.5, 0.6) is 0 Å². The van der Waals surface area contributed by atoms with E-state index in [-0.39, 0.29) is 12.5 Å². The Bertz CT molecular complexity index is 584. The average Bonchev–Trinajstić information content (AvgIpc) is 3.01. The predicted octanol–water partition coefficient (Wildman–Crippen LogP) is 2.44. The van der Waals surface area contributed by atoms with Gasteiger partial charge in [0, 0.05) is 18.2 Å². The number of rotatable bonds is 1. The van der Waals surface area contributed by atoms with Crippen LogP contribution in [0.2, 0.25) is 0 Å². The zero-order valence-corrected chi connectivity index (χ0v) is 12.2. The average molecular weight is 283 g/mol. The zero-order valence-electron chi connectivity index (χ0n) is 12.2. The summed E-state index contributed by atoms with van der Waals surface area (Å²) in [6.45, 7) is 0.679. The van der Waals surface area contributed by atoms with Gasteiger partial charge in [-0.15, -0.1) is 0 Å². The minimum atomic E-state index is -0.184. The monoisotopic (exact) mass is 283 g/mol. The summed E-state index contributed by atoms with van der Waals surface area (Å²) in [4.78, 5) is 15.0. The molecule has 3 nitrogen and oxygen atoms in total. The number of nitrogens with zero attached hydrogens (tertiary/aromatic N) is 1. The molecule has 0 radical (unpaired) electrons. The molecule has 1 saturated heterocycles. The summed E-state index contributed by atoms with van der Waals surface area (Å²) >= 11 is 0. The number of hydrogen-bond donors (Lipinski definition) is 1. The summed E-state index contributed by atoms with van der Waals surface area (Å²) < 4.78 is 0. The normalized spacial score (nSPS) is 24.1. The van der Waals surface area contributed by atoms with Gasteiger partial charge in [0.15, 0.2) is 0 Å². The molecule has 1 aliphatic heterocycles. The summed E-state index contributed by atoms with van der Waals surface area (Å²) in [5.41, 5.74) is 1.39. The zero-order chi connectivity index (χ0) is 14.7. The van der Waals surface area contributed by atoms with Crippen molar-refractivity contribution in [3.05, 3.63) is 35.4 Å². The van der Waals surface area contributed by atoms with E-state index in [0.29, 0.717) is 17.5 Å². The molecule has 1 aromatic rings. The van der Waals surface area contributed by atoms with Gasteiger partial charge < -0.3 is 10.0 Å². The largest absolute Gasteiger partial charge is 0.384 e. The molecule has 110 valence electrons. The lowest BCUT2D eigenvalue weighted by Crippen LogP contribution is -2.46. The Morgan fingerprint density at radius 2 is 2.05 bits per heavy atom. The molecular formula is C18H21NO2. The lowest BCUT2D eigenvalue weighted by Gasteiger charge is -2.38. The van der Waals surface area contributed by atoms with Gasteiger partial charge in [-0.25, -0.2) is 0 Å². The molecule has 1 saturated carbocycles. The molecule has 2 unspecified atom stereocenters. The van der Waals surface area contributed by atoms with Crippen molar-refractivity contribution >= 4 is 5.91 Å². The van der Waals surface area contributed by atoms with Crippen molar-refractivity contribution in [3.63, 3.8) is 0 Å². The van der Waals surface area contributed by atoms with Crippen molar-refractivity contribution in [2.45, 2.75) is 38.1 Å². The minimum absolute atomic E-state index is 0.106. The molecule has 1 heterocycles. The highest BCUT2D eigenvalue weighted by molar-refractivity contribution is 5.97. The van der Waals surface area contributed by atoms with Crippen molar-refractivity contribution in [1.29, 1.82) is 0 Å². The van der Waals surface area contributed by atoms with Crippen molar-refractivity contribution in [3.8, 4) is 11.8 Å². The van der Waals surface area contributed by atoms with Gasteiger partial charge in [0.05, 0.1) is 5.56 Å². The van der Waals surface area contributed by atoms with Gasteiger partial charge >= 0.3 is 0 Å². The Morgan fingerprint density at radius 1 is 1.24 bits per heavy atom. The van der Waals surface area contributed by atoms with Gasteiger partial charge in [0.2, 0.25) is 0 Å². The molecule has 21 heavy (non-hydrogen) atoms. The van der Waals surface area contributed by atoms with Crippen LogP contribution in [0.25, 0.3) is 0 Å². The molecule has 2 aliphatic rings. The smallest absolute Gasteiger partial charge is 0.255 e. The molecular weight excluding hydrogens is 262 g/mol. The molecule has 3 rings (SSSR count). The third kappa shape index (κ3) is 2.82. The number of likely N-dealkylation sites (tertiary alicyclic amines) is 1. The van der Waals surface area contributed by atoms with Crippen molar-refractivity contribution in [1.82, 2.24) is 4.90 Å². The van der Waals surface area contributed by atoms with E-state index in [2.05, 4.69) is 16.7 Å². The number of aliphatic hydroxyl groups excluding tert-OH is 1. The number of hydrogen-bond acceptors (Lipinski definition) is 2. The van der Waals surface area contributed by atoms with Crippen molar-refractivity contribution in [2.75, 3.05) is 13.2 Å². The Hall–Kier alpha value is -1.79. The lowest BCUT2D eigenvalue weighted by molar-refractivity contribution is 0.0548. The number of carbonyl (C=O) groups excluding carboxylic acids is 1. The van der Waals surface area contributed by atoms with Gasteiger partial charge in [-0.2, -0.15) is 0 Å². The first-order valence-electron chi connectivity index (χ1n) is 7.81. The first-order valence-corrected chi connectivity index (χ1v) is 7.81. The van der Waals surface area contributed by atoms with E-state index in [1.165, 1.54) is 19.3 Å². The van der Waals surface area contributed by atoms with Gasteiger partial charge in [0.1, 0.15) is 6.61 Å². The minimum Gasteiger partial charge on any atom is -0.384 e. The molecule has 1 N–H and O–H groups in total. The summed E-state index contributed by atoms with van der Waals surface area (Å²) in [5, 5.41) is 8.86. The van der Waals surface area contributed by atoms with Crippen LogP contribution in [-0.2, 0) is 0 Å². The second-order valence-corrected chi connectivity index (χ2v) is 5.90. The van der Waals surface area contributed by atoms with Crippen LogP contribution >= 0.6 is 0 Å². The highest BCUT2D eigenvalue weighted by Gasteiger charge is 2.37. The molecule has 0 aromatic heterocycles. The van der Waals surface area contributed by atoms with E-state index in [4.69, 9.17) is 5.11 Å². The number of carbonyl (C=O) groups is 1. The number of aliphatic hydroxyl groups is 1. The van der Waals surface area contributed by atoms with Gasteiger partial charge in [-0.1, -0.05) is 30.4 Å². The lowest BCUT2D eigenvalue weighted by atomic mass is 9.91. The fourth-order valence-electron chi connectivity index (χ4n) is 3.77. The Morgan fingerprint density at radius 3 is 2.90 bits per heavy atom. The van der Waals surface area contributed by atoms with Crippen LogP contribution in [0.3, 0.4) is 0 Å². The highest BCUT2D eigenvalue weighted by Crippen LogP contribution is 2.37. The van der Waals surface area contributed by atoms with E-state index in [1.54, 1.807) is 0 Å². The van der Waals surface area contributed by atoms with E-state index < -0.39 is 0 Å². The van der Waals surface area contributed by atoms with Crippen molar-refractivity contribution in [2.24, 2.45) is 5.92 Å². The Labute approximate surface area is 126 Å². The van der Waals surface area contributed by atoms with Gasteiger partial charge in [-0.05, 0) is 43.7 Å². The molecule has 3 heteroatoms. The van der Waals surface area contributed by atoms with E-state index in [0.717, 1.165) is 24.9 Å². The summed E-state index contributed by atoms with van der Waals surface area (Å²) in [6.07, 6.45) is 6.02. The fourth-order valence-corrected chi connectivity index (χ4v) is 3.77. The molecule has 0 spiro atoms. The molecule has 2 fully saturated rings. The number of amides is 1. The molecule has 1 aromatic carbocycles. The Balaban J connectivity index is 1.88. The van der Waals surface area contributed by atoms with Crippen LogP contribution < -0.4 is 0 Å². The van der Waals surface area contributed by atoms with E-state index in [1.807, 2.05) is 24.3 Å². The SMILES string of the molecule is O=C(c1ccccc1C#CCO)N1CCCC2CCCC21. The second kappa shape index (κ2) is 6.32. The van der Waals surface area contributed by atoms with E-state index in [9.17, 15) is 4.79 Å². The maximum absolute atomic E-state index is 12.9. The standard InChI is InChI=1S/C18H21NO2/c20-13-5-9-14-6-1-2-10-16(14)18(21)19-12-4-8-15-7-3-11-17(15)19/h1-2,6,10,15,17,20H,3-4,7-8,11-13H2. The summed E-state index contributed by atoms with van der Waals surface area (Å²) in [6, 6.07) is 7.89. The number of benzene rings is 1. The second-order valence-electron chi connectivity index (χ2n) is 5.90. The molecule has 1 amide bonds. The highest BCUT2D eigenvalue weighted by atomic mass is 16.2. The molecule has 1 aliphatic carbocycles. The quantitative estimate of drug-likeness (QED) is 0.804. The first kappa shape index (κ1) is 14.2. The predicted molar refractivity (Wildman–Crippen MR) is 81.8 cm³/mol. The van der Waals surface area contributed by atoms with E-state index >= 15 is 0 Å². The summed E-state index contributed by atoms with van der Waals surface area (Å²) in [5.74, 6) is 6.34. The maximum atomic E-state index is 12.9. The molecule has 2 atom stereocenters. The first-order chi connectivity index (χ1) is 10.3. The summed E-state index contributed by atoms with van der Waals surface area (Å²) in [7, 11) is 0. The van der Waals surface area contributed by atoms with Crippen molar-refractivity contribution < 1.29 is 9.90 Å². The number of piperidine rings is 1. The third-order valence-electron chi connectivity index (χ3n) is 4.71. The van der Waals surface area contributed by atoms with Crippen LogP contribution in [0.15, 0.2) is 24.3 Å². The Kier molecular flexibility index (Phi) is 4.26. The fraction of sp³-hybridized carbons (Fsp3) is 0.500. The maximum Gasteiger partial charge on any atom is 0.255 e. The van der Waals surface area contributed by atoms with Crippen LogP contribution in [0.4, 0.5) is 0 Å². The van der Waals surface area contributed by atoms with Crippen LogP contribution in [0.1, 0.15) is 48.0 Å². The van der Waals surface area contributed by atoms with Gasteiger partial charge in [-0.3, -0.25) is 4.79 Å². The van der Waals surface area contributed by atoms with Crippen LogP contribution in [0, 0.1) is 17.8 Å². The topological polar surface area (TPSA) is 40.5 Å². The number of fused-ring (bicyclic) bond motifs is 1.